The van der Waals surface area contributed by atoms with Gasteiger partial charge in [-0.2, -0.15) is 0 Å². The number of thioether (sulfide) groups is 1. The van der Waals surface area contributed by atoms with E-state index in [1.54, 1.807) is 5.41 Å². The van der Waals surface area contributed by atoms with E-state index in [4.69, 9.17) is 0 Å². The largest absolute Gasteiger partial charge is 0.220 e. The van der Waals surface area contributed by atoms with Crippen molar-refractivity contribution < 1.29 is 8.42 Å². The fraction of sp³-hybridized carbons (Fsp3) is 0.286. The van der Waals surface area contributed by atoms with Gasteiger partial charge in [-0.25, -0.2) is 8.42 Å². The van der Waals surface area contributed by atoms with Crippen LogP contribution in [0.3, 0.4) is 0 Å². The van der Waals surface area contributed by atoms with Crippen LogP contribution in [0.1, 0.15) is 26.3 Å². The molecule has 0 bridgehead atoms. The second kappa shape index (κ2) is 5.76. The third-order valence-electron chi connectivity index (χ3n) is 2.40. The van der Waals surface area contributed by atoms with Crippen LogP contribution in [0.4, 0.5) is 0 Å². The third-order valence-corrected chi connectivity index (χ3v) is 4.37. The Balaban J connectivity index is 2.74. The molecule has 0 fully saturated rings. The number of sulfone groups is 1. The summed E-state index contributed by atoms with van der Waals surface area (Å²) in [6.07, 6.45) is 0. The van der Waals surface area contributed by atoms with Gasteiger partial charge in [0, 0.05) is 15.7 Å². The maximum absolute atomic E-state index is 11.2. The summed E-state index contributed by atoms with van der Waals surface area (Å²) in [5.41, 5.74) is 1.39. The predicted octanol–water partition coefficient (Wildman–Crippen LogP) is 4.11. The lowest BCUT2D eigenvalue weighted by atomic mass is 9.87. The molecule has 0 radical (unpaired) electrons. The van der Waals surface area contributed by atoms with E-state index in [9.17, 15) is 8.42 Å². The van der Waals surface area contributed by atoms with Crippen molar-refractivity contribution >= 4 is 21.6 Å². The van der Waals surface area contributed by atoms with Crippen molar-refractivity contribution in [1.82, 2.24) is 0 Å². The van der Waals surface area contributed by atoms with Gasteiger partial charge in [-0.05, 0) is 28.5 Å². The van der Waals surface area contributed by atoms with E-state index in [1.165, 1.54) is 17.3 Å². The molecule has 0 heterocycles. The first-order valence-corrected chi connectivity index (χ1v) is 8.05. The molecular weight excluding hydrogens is 264 g/mol. The van der Waals surface area contributed by atoms with Crippen LogP contribution in [0.5, 0.6) is 0 Å². The molecule has 0 spiro atoms. The average molecular weight is 282 g/mol. The molecule has 0 N–H and O–H groups in total. The van der Waals surface area contributed by atoms with E-state index < -0.39 is 9.84 Å². The minimum atomic E-state index is -3.26. The van der Waals surface area contributed by atoms with Gasteiger partial charge in [-0.1, -0.05) is 51.2 Å². The quantitative estimate of drug-likeness (QED) is 0.779. The fourth-order valence-electron chi connectivity index (χ4n) is 1.27. The van der Waals surface area contributed by atoms with Gasteiger partial charge in [-0.15, -0.1) is 0 Å². The summed E-state index contributed by atoms with van der Waals surface area (Å²) < 4.78 is 22.3. The van der Waals surface area contributed by atoms with E-state index >= 15 is 0 Å². The van der Waals surface area contributed by atoms with Gasteiger partial charge in [0.1, 0.15) is 0 Å². The van der Waals surface area contributed by atoms with E-state index in [0.717, 1.165) is 15.7 Å². The Morgan fingerprint density at radius 1 is 1.17 bits per heavy atom. The highest BCUT2D eigenvalue weighted by atomic mass is 32.2. The molecule has 0 unspecified atom stereocenters. The van der Waals surface area contributed by atoms with E-state index in [-0.39, 0.29) is 5.41 Å². The monoisotopic (exact) mass is 282 g/mol. The van der Waals surface area contributed by atoms with Gasteiger partial charge in [0.2, 0.25) is 0 Å². The zero-order valence-corrected chi connectivity index (χ0v) is 12.5. The van der Waals surface area contributed by atoms with Gasteiger partial charge in [-0.3, -0.25) is 0 Å². The first-order valence-electron chi connectivity index (χ1n) is 5.56. The lowest BCUT2D eigenvalue weighted by Crippen LogP contribution is -2.10. The Morgan fingerprint density at radius 2 is 1.72 bits per heavy atom. The first kappa shape index (κ1) is 15.1. The summed E-state index contributed by atoms with van der Waals surface area (Å²) >= 11 is 1.37. The smallest absolute Gasteiger partial charge is 0.192 e. The molecule has 0 aliphatic rings. The van der Waals surface area contributed by atoms with Gasteiger partial charge in [0.15, 0.2) is 9.84 Å². The molecule has 0 aliphatic heterocycles. The maximum Gasteiger partial charge on any atom is 0.192 e. The summed E-state index contributed by atoms with van der Waals surface area (Å²) in [6.45, 7) is 9.72. The van der Waals surface area contributed by atoms with Gasteiger partial charge >= 0.3 is 0 Å². The average Bonchev–Trinajstić information content (AvgIpc) is 2.28. The maximum atomic E-state index is 11.2. The second-order valence-corrected chi connectivity index (χ2v) is 7.68. The topological polar surface area (TPSA) is 34.1 Å². The number of benzene rings is 1. The van der Waals surface area contributed by atoms with Crippen LogP contribution >= 0.6 is 11.8 Å². The van der Waals surface area contributed by atoms with Crippen molar-refractivity contribution in [2.75, 3.05) is 0 Å². The highest BCUT2D eigenvalue weighted by Gasteiger charge is 2.12. The number of hydrogen-bond donors (Lipinski definition) is 0. The van der Waals surface area contributed by atoms with Crippen molar-refractivity contribution in [1.29, 1.82) is 0 Å². The first-order chi connectivity index (χ1) is 8.24. The van der Waals surface area contributed by atoms with Crippen LogP contribution in [-0.4, -0.2) is 8.42 Å². The molecule has 0 aliphatic carbocycles. The molecule has 0 saturated heterocycles. The molecule has 4 heteroatoms. The van der Waals surface area contributed by atoms with Crippen LogP contribution in [0.15, 0.2) is 52.0 Å². The van der Waals surface area contributed by atoms with Crippen molar-refractivity contribution in [2.45, 2.75) is 31.1 Å². The van der Waals surface area contributed by atoms with E-state index in [1.807, 2.05) is 12.1 Å². The molecular formula is C14H18O2S2. The van der Waals surface area contributed by atoms with E-state index in [0.29, 0.717) is 0 Å². The molecule has 2 nitrogen and oxygen atoms in total. The molecule has 1 aromatic rings. The van der Waals surface area contributed by atoms with Gasteiger partial charge in [0.05, 0.1) is 0 Å². The van der Waals surface area contributed by atoms with Crippen LogP contribution in [0.2, 0.25) is 0 Å². The van der Waals surface area contributed by atoms with E-state index in [2.05, 4.69) is 39.5 Å². The van der Waals surface area contributed by atoms with Gasteiger partial charge < -0.3 is 0 Å². The molecule has 0 atom stereocenters. The van der Waals surface area contributed by atoms with Crippen molar-refractivity contribution in [3.05, 3.63) is 52.6 Å². The summed E-state index contributed by atoms with van der Waals surface area (Å²) in [4.78, 5) is 1.01. The molecule has 0 saturated carbocycles. The SMILES string of the molecule is C=CS(=O)(=O)C=CSc1ccc(C(C)(C)C)cc1. The summed E-state index contributed by atoms with van der Waals surface area (Å²) in [7, 11) is -3.26. The molecule has 1 rings (SSSR count). The zero-order chi connectivity index (χ0) is 13.8. The molecule has 0 amide bonds. The molecule has 0 aromatic heterocycles. The summed E-state index contributed by atoms with van der Waals surface area (Å²) in [5.74, 6) is 0. The Labute approximate surface area is 114 Å². The standard InChI is InChI=1S/C14H18O2S2/c1-5-18(15,16)11-10-17-13-8-6-12(7-9-13)14(2,3)4/h5-11H,1H2,2-4H3. The minimum Gasteiger partial charge on any atom is -0.220 e. The fourth-order valence-corrected chi connectivity index (χ4v) is 2.68. The Morgan fingerprint density at radius 3 is 2.17 bits per heavy atom. The van der Waals surface area contributed by atoms with Crippen molar-refractivity contribution in [2.24, 2.45) is 0 Å². The Bertz CT molecular complexity index is 532. The van der Waals surface area contributed by atoms with Crippen LogP contribution < -0.4 is 0 Å². The minimum absolute atomic E-state index is 0.130. The predicted molar refractivity (Wildman–Crippen MR) is 79.3 cm³/mol. The lowest BCUT2D eigenvalue weighted by molar-refractivity contribution is 0.590. The molecule has 18 heavy (non-hydrogen) atoms. The number of rotatable bonds is 4. The normalized spacial score (nSPS) is 12.8. The van der Waals surface area contributed by atoms with Crippen molar-refractivity contribution in [3.63, 3.8) is 0 Å². The van der Waals surface area contributed by atoms with Crippen molar-refractivity contribution in [3.8, 4) is 0 Å². The molecule has 1 aromatic carbocycles. The highest BCUT2D eigenvalue weighted by molar-refractivity contribution is 8.03. The Hall–Kier alpha value is -1.00. The zero-order valence-electron chi connectivity index (χ0n) is 10.9. The number of hydrogen-bond acceptors (Lipinski definition) is 3. The van der Waals surface area contributed by atoms with Crippen LogP contribution in [-0.2, 0) is 15.3 Å². The third kappa shape index (κ3) is 4.70. The lowest BCUT2D eigenvalue weighted by Gasteiger charge is -2.18. The highest BCUT2D eigenvalue weighted by Crippen LogP contribution is 2.26. The summed E-state index contributed by atoms with van der Waals surface area (Å²) in [5, 5.41) is 3.65. The molecule has 98 valence electrons. The van der Waals surface area contributed by atoms with Crippen LogP contribution in [0.25, 0.3) is 0 Å². The van der Waals surface area contributed by atoms with Gasteiger partial charge in [0.25, 0.3) is 0 Å². The Kier molecular flexibility index (Phi) is 4.82. The summed E-state index contributed by atoms with van der Waals surface area (Å²) in [6, 6.07) is 8.13. The van der Waals surface area contributed by atoms with Crippen LogP contribution in [0, 0.1) is 0 Å². The second-order valence-electron chi connectivity index (χ2n) is 4.92.